The van der Waals surface area contributed by atoms with E-state index in [1.54, 1.807) is 22.7 Å². The Balaban J connectivity index is 1.62. The predicted octanol–water partition coefficient (Wildman–Crippen LogP) is 4.97. The molecule has 0 aliphatic carbocycles. The van der Waals surface area contributed by atoms with Gasteiger partial charge in [-0.05, 0) is 30.3 Å². The van der Waals surface area contributed by atoms with Gasteiger partial charge < -0.3 is 5.32 Å². The Morgan fingerprint density at radius 2 is 2.04 bits per heavy atom. The van der Waals surface area contributed by atoms with Crippen LogP contribution < -0.4 is 5.32 Å². The molecule has 4 rings (SSSR count). The van der Waals surface area contributed by atoms with Gasteiger partial charge in [0.1, 0.15) is 5.01 Å². The van der Waals surface area contributed by atoms with Gasteiger partial charge in [0.15, 0.2) is 5.82 Å². The molecule has 0 fully saturated rings. The number of rotatable bonds is 4. The van der Waals surface area contributed by atoms with Crippen LogP contribution in [-0.4, -0.2) is 25.7 Å². The summed E-state index contributed by atoms with van der Waals surface area (Å²) in [6.45, 7) is 2.01. The van der Waals surface area contributed by atoms with Crippen molar-refractivity contribution in [3.05, 3.63) is 63.9 Å². The maximum Gasteiger partial charge on any atom is 0.257 e. The molecule has 2 aromatic heterocycles. The zero-order chi connectivity index (χ0) is 19.0. The molecule has 0 radical (unpaired) electrons. The summed E-state index contributed by atoms with van der Waals surface area (Å²) in [4.78, 5) is 13.3. The summed E-state index contributed by atoms with van der Waals surface area (Å²) in [6, 6.07) is 12.2. The second-order valence-corrected chi connectivity index (χ2v) is 7.53. The lowest BCUT2D eigenvalue weighted by Crippen LogP contribution is -2.12. The molecule has 0 aliphatic rings. The van der Waals surface area contributed by atoms with Gasteiger partial charge in [0.05, 0.1) is 10.6 Å². The molecule has 0 saturated carbocycles. The first-order valence-corrected chi connectivity index (χ1v) is 9.70. The van der Waals surface area contributed by atoms with E-state index in [2.05, 4.69) is 20.6 Å². The molecule has 0 saturated heterocycles. The Morgan fingerprint density at radius 3 is 2.85 bits per heavy atom. The highest BCUT2D eigenvalue weighted by Crippen LogP contribution is 2.28. The first-order chi connectivity index (χ1) is 13.0. The number of aromatic nitrogens is 4. The molecule has 4 aromatic rings. The number of hydrogen-bond acceptors (Lipinski definition) is 5. The molecular weight excluding hydrogens is 405 g/mol. The van der Waals surface area contributed by atoms with Crippen LogP contribution in [0.1, 0.15) is 23.1 Å². The quantitative estimate of drug-likeness (QED) is 0.508. The Bertz CT molecular complexity index is 1150. The molecule has 1 amide bonds. The summed E-state index contributed by atoms with van der Waals surface area (Å²) in [5, 5.41) is 17.2. The van der Waals surface area contributed by atoms with Crippen molar-refractivity contribution in [1.82, 2.24) is 19.8 Å². The fraction of sp³-hybridized carbons (Fsp3) is 0.111. The highest BCUT2D eigenvalue weighted by atomic mass is 35.5. The van der Waals surface area contributed by atoms with Crippen LogP contribution in [0.3, 0.4) is 0 Å². The predicted molar refractivity (Wildman–Crippen MR) is 108 cm³/mol. The number of aryl methyl sites for hydroxylation is 1. The molecule has 1 N–H and O–H groups in total. The van der Waals surface area contributed by atoms with Crippen LogP contribution in [0.5, 0.6) is 0 Å². The number of fused-ring (bicyclic) bond motifs is 1. The molecule has 0 unspecified atom stereocenters. The van der Waals surface area contributed by atoms with Gasteiger partial charge in [0.2, 0.25) is 4.96 Å². The van der Waals surface area contributed by atoms with Crippen molar-refractivity contribution in [2.75, 3.05) is 5.32 Å². The van der Waals surface area contributed by atoms with Crippen molar-refractivity contribution in [3.8, 4) is 10.6 Å². The number of carbonyl (C=O) groups excluding carboxylic acids is 1. The third kappa shape index (κ3) is 3.53. The summed E-state index contributed by atoms with van der Waals surface area (Å²) >= 11 is 13.5. The number of halogens is 2. The number of nitrogens with one attached hydrogen (secondary N) is 1. The van der Waals surface area contributed by atoms with E-state index in [-0.39, 0.29) is 5.91 Å². The molecule has 9 heteroatoms. The van der Waals surface area contributed by atoms with Crippen LogP contribution in [0.25, 0.3) is 15.5 Å². The molecule has 6 nitrogen and oxygen atoms in total. The minimum absolute atomic E-state index is 0.320. The number of amides is 1. The van der Waals surface area contributed by atoms with E-state index in [1.165, 1.54) is 17.4 Å². The minimum Gasteiger partial charge on any atom is -0.322 e. The Morgan fingerprint density at radius 1 is 1.19 bits per heavy atom. The monoisotopic (exact) mass is 417 g/mol. The van der Waals surface area contributed by atoms with Crippen molar-refractivity contribution in [2.24, 2.45) is 0 Å². The van der Waals surface area contributed by atoms with E-state index in [9.17, 15) is 4.79 Å². The van der Waals surface area contributed by atoms with Crippen LogP contribution in [0.15, 0.2) is 42.5 Å². The second kappa shape index (κ2) is 7.26. The van der Waals surface area contributed by atoms with Gasteiger partial charge in [0, 0.05) is 22.7 Å². The average Bonchev–Trinajstić information content (AvgIpc) is 3.24. The third-order valence-corrected chi connectivity index (χ3v) is 5.42. The largest absolute Gasteiger partial charge is 0.322 e. The fourth-order valence-electron chi connectivity index (χ4n) is 2.59. The van der Waals surface area contributed by atoms with E-state index >= 15 is 0 Å². The van der Waals surface area contributed by atoms with E-state index < -0.39 is 0 Å². The molecular formula is C18H13Cl2N5OS. The summed E-state index contributed by atoms with van der Waals surface area (Å²) in [6.07, 6.45) is 0.751. The van der Waals surface area contributed by atoms with Crippen LogP contribution in [0.2, 0.25) is 10.0 Å². The molecule has 0 bridgehead atoms. The standard InChI is InChI=1S/C18H13Cl2N5OS/c1-2-15-22-23-18-25(15)24-17(27-18)10-4-3-5-12(8-10)21-16(26)13-9-11(19)6-7-14(13)20/h3-9H,2H2,1H3,(H,21,26). The number of anilines is 1. The summed E-state index contributed by atoms with van der Waals surface area (Å²) in [5.41, 5.74) is 1.83. The molecule has 2 aromatic carbocycles. The van der Waals surface area contributed by atoms with Crippen molar-refractivity contribution in [2.45, 2.75) is 13.3 Å². The zero-order valence-electron chi connectivity index (χ0n) is 14.1. The number of hydrogen-bond donors (Lipinski definition) is 1. The SMILES string of the molecule is CCc1nnc2sc(-c3cccc(NC(=O)c4cc(Cl)ccc4Cl)c3)nn12. The van der Waals surface area contributed by atoms with E-state index in [0.717, 1.165) is 27.8 Å². The van der Waals surface area contributed by atoms with Crippen molar-refractivity contribution >= 4 is 51.1 Å². The lowest BCUT2D eigenvalue weighted by Gasteiger charge is -2.08. The lowest BCUT2D eigenvalue weighted by molar-refractivity contribution is 0.102. The number of nitrogens with zero attached hydrogens (tertiary/aromatic N) is 4. The fourth-order valence-corrected chi connectivity index (χ4v) is 3.82. The van der Waals surface area contributed by atoms with Gasteiger partial charge in [-0.1, -0.05) is 53.6 Å². The Hall–Kier alpha value is -2.48. The van der Waals surface area contributed by atoms with Crippen LogP contribution in [0, 0.1) is 0 Å². The van der Waals surface area contributed by atoms with Crippen LogP contribution in [-0.2, 0) is 6.42 Å². The van der Waals surface area contributed by atoms with E-state index in [0.29, 0.717) is 21.3 Å². The lowest BCUT2D eigenvalue weighted by atomic mass is 10.2. The van der Waals surface area contributed by atoms with Gasteiger partial charge in [-0.25, -0.2) is 0 Å². The number of carbonyl (C=O) groups is 1. The first kappa shape index (κ1) is 17.9. The van der Waals surface area contributed by atoms with Crippen molar-refractivity contribution < 1.29 is 4.79 Å². The molecule has 27 heavy (non-hydrogen) atoms. The maximum absolute atomic E-state index is 12.5. The van der Waals surface area contributed by atoms with Gasteiger partial charge in [0.25, 0.3) is 5.91 Å². The second-order valence-electron chi connectivity index (χ2n) is 5.73. The van der Waals surface area contributed by atoms with E-state index in [1.807, 2.05) is 25.1 Å². The Kier molecular flexibility index (Phi) is 4.82. The molecule has 0 aliphatic heterocycles. The molecule has 136 valence electrons. The Labute approximate surface area is 168 Å². The van der Waals surface area contributed by atoms with Gasteiger partial charge in [-0.15, -0.1) is 10.2 Å². The summed E-state index contributed by atoms with van der Waals surface area (Å²) in [7, 11) is 0. The third-order valence-electron chi connectivity index (χ3n) is 3.91. The average molecular weight is 418 g/mol. The molecule has 0 spiro atoms. The smallest absolute Gasteiger partial charge is 0.257 e. The molecule has 0 atom stereocenters. The van der Waals surface area contributed by atoms with Crippen molar-refractivity contribution in [3.63, 3.8) is 0 Å². The summed E-state index contributed by atoms with van der Waals surface area (Å²) < 4.78 is 1.75. The van der Waals surface area contributed by atoms with Gasteiger partial charge in [-0.3, -0.25) is 4.79 Å². The van der Waals surface area contributed by atoms with Crippen molar-refractivity contribution in [1.29, 1.82) is 0 Å². The highest BCUT2D eigenvalue weighted by molar-refractivity contribution is 7.19. The number of benzene rings is 2. The summed E-state index contributed by atoms with van der Waals surface area (Å²) in [5.74, 6) is 0.485. The van der Waals surface area contributed by atoms with E-state index in [4.69, 9.17) is 23.2 Å². The van der Waals surface area contributed by atoms with Gasteiger partial charge >= 0.3 is 0 Å². The first-order valence-electron chi connectivity index (χ1n) is 8.13. The highest BCUT2D eigenvalue weighted by Gasteiger charge is 2.14. The maximum atomic E-state index is 12.5. The van der Waals surface area contributed by atoms with Crippen LogP contribution >= 0.6 is 34.5 Å². The topological polar surface area (TPSA) is 72.2 Å². The zero-order valence-corrected chi connectivity index (χ0v) is 16.4. The molecule has 2 heterocycles. The van der Waals surface area contributed by atoms with Crippen LogP contribution in [0.4, 0.5) is 5.69 Å². The van der Waals surface area contributed by atoms with Gasteiger partial charge in [-0.2, -0.15) is 9.61 Å². The minimum atomic E-state index is -0.328. The normalized spacial score (nSPS) is 11.1.